The number of nitrogens with two attached hydrogens (primary N) is 2. The molecule has 10 heteroatoms. The predicted molar refractivity (Wildman–Crippen MR) is 138 cm³/mol. The zero-order valence-corrected chi connectivity index (χ0v) is 19.8. The second-order valence-electron chi connectivity index (χ2n) is 7.76. The summed E-state index contributed by atoms with van der Waals surface area (Å²) in [6.45, 7) is 0. The number of primary amides is 1. The highest BCUT2D eigenvalue weighted by Crippen LogP contribution is 2.48. The minimum atomic E-state index is -0.715. The number of hydrogen-bond acceptors (Lipinski definition) is 8. The summed E-state index contributed by atoms with van der Waals surface area (Å²) in [4.78, 5) is 30.5. The molecule has 4 aromatic rings. The fraction of sp³-hybridized carbons (Fsp3) is 0.0400. The van der Waals surface area contributed by atoms with Crippen molar-refractivity contribution in [1.82, 2.24) is 0 Å². The second kappa shape index (κ2) is 9.16. The normalized spacial score (nSPS) is 15.7. The number of hydrogen-bond donors (Lipinski definition) is 2. The molecule has 1 unspecified atom stereocenters. The number of nitro groups is 1. The Morgan fingerprint density at radius 3 is 2.31 bits per heavy atom. The highest BCUT2D eigenvalue weighted by Gasteiger charge is 2.39. The zero-order chi connectivity index (χ0) is 24.5. The van der Waals surface area contributed by atoms with E-state index in [0.717, 1.165) is 21.9 Å². The first-order valence-corrected chi connectivity index (χ1v) is 12.7. The predicted octanol–water partition coefficient (Wildman–Crippen LogP) is 4.89. The Morgan fingerprint density at radius 1 is 0.971 bits per heavy atom. The van der Waals surface area contributed by atoms with Crippen LogP contribution in [0, 0.1) is 10.1 Å². The molecule has 3 aromatic carbocycles. The molecular formula is C25H19N5O3S2. The number of para-hydroxylation sites is 2. The molecule has 0 fully saturated rings. The maximum Gasteiger partial charge on any atom is 0.269 e. The molecule has 0 saturated heterocycles. The molecule has 0 radical (unpaired) electrons. The summed E-state index contributed by atoms with van der Waals surface area (Å²) in [7, 11) is 2.92. The quantitative estimate of drug-likeness (QED) is 0.229. The van der Waals surface area contributed by atoms with Crippen LogP contribution in [0.1, 0.15) is 17.0 Å². The maximum atomic E-state index is 12.8. The van der Waals surface area contributed by atoms with Crippen LogP contribution >= 0.6 is 20.7 Å². The average Bonchev–Trinajstić information content (AvgIpc) is 3.27. The van der Waals surface area contributed by atoms with Crippen LogP contribution in [0.2, 0.25) is 0 Å². The van der Waals surface area contributed by atoms with Crippen LogP contribution in [-0.2, 0) is 4.79 Å². The van der Waals surface area contributed by atoms with E-state index in [1.165, 1.54) is 32.8 Å². The van der Waals surface area contributed by atoms with Gasteiger partial charge in [0.2, 0.25) is 5.91 Å². The van der Waals surface area contributed by atoms with E-state index in [4.69, 9.17) is 16.5 Å². The summed E-state index contributed by atoms with van der Waals surface area (Å²) in [6, 6.07) is 25.1. The smallest absolute Gasteiger partial charge is 0.269 e. The van der Waals surface area contributed by atoms with Crippen molar-refractivity contribution in [2.45, 2.75) is 5.92 Å². The van der Waals surface area contributed by atoms with Crippen LogP contribution in [-0.4, -0.2) is 10.8 Å². The highest BCUT2D eigenvalue weighted by atomic mass is 32.9. The number of fused-ring (bicyclic) bond motifs is 1. The molecule has 1 aromatic heterocycles. The number of nitro benzene ring substituents is 1. The second-order valence-corrected chi connectivity index (χ2v) is 9.86. The summed E-state index contributed by atoms with van der Waals surface area (Å²) in [5.74, 6) is -1.23. The van der Waals surface area contributed by atoms with Gasteiger partial charge in [-0.1, -0.05) is 69.2 Å². The van der Waals surface area contributed by atoms with E-state index in [-0.39, 0.29) is 17.1 Å². The van der Waals surface area contributed by atoms with Gasteiger partial charge in [-0.15, -0.1) is 0 Å². The molecule has 0 aliphatic carbocycles. The van der Waals surface area contributed by atoms with E-state index in [2.05, 4.69) is 0 Å². The van der Waals surface area contributed by atoms with Crippen molar-refractivity contribution in [3.05, 3.63) is 122 Å². The number of benzene rings is 3. The topological polar surface area (TPSA) is 128 Å². The first-order valence-electron chi connectivity index (χ1n) is 10.6. The van der Waals surface area contributed by atoms with Crippen molar-refractivity contribution in [3.8, 4) is 0 Å². The summed E-state index contributed by atoms with van der Waals surface area (Å²) in [5.41, 5.74) is 15.4. The molecule has 5 rings (SSSR count). The van der Waals surface area contributed by atoms with E-state index in [9.17, 15) is 14.9 Å². The van der Waals surface area contributed by atoms with E-state index >= 15 is 0 Å². The van der Waals surface area contributed by atoms with Gasteiger partial charge in [-0.05, 0) is 29.8 Å². The lowest BCUT2D eigenvalue weighted by Crippen LogP contribution is -2.37. The largest absolute Gasteiger partial charge is 0.384 e. The molecule has 174 valence electrons. The Labute approximate surface area is 207 Å². The van der Waals surface area contributed by atoms with Crippen molar-refractivity contribution >= 4 is 48.7 Å². The third-order valence-electron chi connectivity index (χ3n) is 5.64. The number of rotatable bonds is 5. The number of anilines is 2. The molecule has 1 atom stereocenters. The van der Waals surface area contributed by atoms with E-state index < -0.39 is 16.7 Å². The Morgan fingerprint density at radius 2 is 1.66 bits per heavy atom. The molecule has 35 heavy (non-hydrogen) atoms. The molecule has 0 saturated carbocycles. The van der Waals surface area contributed by atoms with Crippen molar-refractivity contribution in [2.24, 2.45) is 16.5 Å². The molecule has 0 spiro atoms. The Hall–Kier alpha value is -4.28. The third kappa shape index (κ3) is 4.09. The van der Waals surface area contributed by atoms with E-state index in [1.807, 2.05) is 60.7 Å². The lowest BCUT2D eigenvalue weighted by atomic mass is 9.83. The first-order chi connectivity index (χ1) is 17.0. The lowest BCUT2D eigenvalue weighted by molar-refractivity contribution is -0.384. The van der Waals surface area contributed by atoms with Gasteiger partial charge in [-0.2, -0.15) is 0 Å². The fourth-order valence-corrected chi connectivity index (χ4v) is 6.74. The monoisotopic (exact) mass is 501 g/mol. The zero-order valence-electron chi connectivity index (χ0n) is 18.2. The minimum absolute atomic E-state index is 0.0858. The summed E-state index contributed by atoms with van der Waals surface area (Å²) < 4.78 is 0.680. The number of non-ortho nitro benzene ring substituents is 1. The van der Waals surface area contributed by atoms with E-state index in [0.29, 0.717) is 10.2 Å². The van der Waals surface area contributed by atoms with Gasteiger partial charge in [-0.3, -0.25) is 19.8 Å². The van der Waals surface area contributed by atoms with Crippen molar-refractivity contribution in [2.75, 3.05) is 4.90 Å². The molecule has 0 bridgehead atoms. The molecule has 1 amide bonds. The Bertz CT molecular complexity index is 1530. The van der Waals surface area contributed by atoms with Gasteiger partial charge < -0.3 is 11.5 Å². The van der Waals surface area contributed by atoms with Crippen LogP contribution in [0.4, 0.5) is 22.1 Å². The number of carbonyl (C=O) groups is 1. The summed E-state index contributed by atoms with van der Waals surface area (Å²) >= 11 is 0. The lowest BCUT2D eigenvalue weighted by Gasteiger charge is -2.34. The fourth-order valence-electron chi connectivity index (χ4n) is 4.14. The Balaban J connectivity index is 1.84. The molecule has 8 nitrogen and oxygen atoms in total. The van der Waals surface area contributed by atoms with Crippen LogP contribution < -0.4 is 21.0 Å². The average molecular weight is 502 g/mol. The summed E-state index contributed by atoms with van der Waals surface area (Å²) in [5, 5.41) is 12.3. The van der Waals surface area contributed by atoms with Crippen molar-refractivity contribution in [3.63, 3.8) is 0 Å². The standard InChI is InChI=1S/C25H19N5O3S2/c26-22-20(23(27)31)19(15-8-7-13-18(14-15)30(32)33)21-24(28-16-9-3-1-4-10-16)34-35-25(21)29(22)17-11-5-2-6-12-17/h1-14,19H,26H2,(H2,27,31). The van der Waals surface area contributed by atoms with Crippen LogP contribution in [0.15, 0.2) is 101 Å². The van der Waals surface area contributed by atoms with Crippen LogP contribution in [0.3, 0.4) is 0 Å². The van der Waals surface area contributed by atoms with Crippen molar-refractivity contribution < 1.29 is 9.72 Å². The third-order valence-corrected chi connectivity index (χ3v) is 7.95. The minimum Gasteiger partial charge on any atom is -0.384 e. The first kappa shape index (κ1) is 22.5. The van der Waals surface area contributed by atoms with Gasteiger partial charge in [0.1, 0.15) is 15.5 Å². The molecule has 1 aliphatic rings. The molecule has 1 aliphatic heterocycles. The molecule has 2 heterocycles. The van der Waals surface area contributed by atoms with Gasteiger partial charge in [0, 0.05) is 29.3 Å². The van der Waals surface area contributed by atoms with E-state index in [1.54, 1.807) is 17.0 Å². The molecular weight excluding hydrogens is 482 g/mol. The van der Waals surface area contributed by atoms with Gasteiger partial charge >= 0.3 is 0 Å². The van der Waals surface area contributed by atoms with Gasteiger partial charge in [0.25, 0.3) is 5.69 Å². The van der Waals surface area contributed by atoms with Crippen LogP contribution in [0.5, 0.6) is 0 Å². The Kier molecular flexibility index (Phi) is 5.89. The van der Waals surface area contributed by atoms with Crippen molar-refractivity contribution in [1.29, 1.82) is 0 Å². The number of carbonyl (C=O) groups excluding carboxylic acids is 1. The highest BCUT2D eigenvalue weighted by molar-refractivity contribution is 7.70. The maximum absolute atomic E-state index is 12.8. The van der Waals surface area contributed by atoms with Gasteiger partial charge in [-0.25, -0.2) is 4.99 Å². The number of amides is 1. The van der Waals surface area contributed by atoms with Gasteiger partial charge in [0.05, 0.1) is 16.2 Å². The number of nitrogens with zero attached hydrogens (tertiary/aromatic N) is 3. The van der Waals surface area contributed by atoms with Crippen LogP contribution in [0.25, 0.3) is 0 Å². The molecule has 4 N–H and O–H groups in total. The summed E-state index contributed by atoms with van der Waals surface area (Å²) in [6.07, 6.45) is 0. The SMILES string of the molecule is NC(=O)C1=C(N)N(c2ccccc2)c2ssc(=Nc3ccccc3)c2C1c1cccc([N+](=O)[O-])c1. The van der Waals surface area contributed by atoms with Gasteiger partial charge in [0.15, 0.2) is 0 Å².